The van der Waals surface area contributed by atoms with Crippen LogP contribution in [0, 0.1) is 0 Å². The van der Waals surface area contributed by atoms with Crippen molar-refractivity contribution in [2.24, 2.45) is 5.73 Å². The highest BCUT2D eigenvalue weighted by Gasteiger charge is 2.37. The van der Waals surface area contributed by atoms with E-state index in [0.717, 1.165) is 37.9 Å². The first-order valence-electron chi connectivity index (χ1n) is 7.58. The van der Waals surface area contributed by atoms with Crippen LogP contribution in [0.15, 0.2) is 28.8 Å². The number of rotatable bonds is 2. The molecule has 4 rings (SSSR count). The molecule has 0 spiro atoms. The van der Waals surface area contributed by atoms with Crippen LogP contribution in [0.3, 0.4) is 0 Å². The smallest absolute Gasteiger partial charge is 0.233 e. The molecule has 0 radical (unpaired) electrons. The molecule has 0 saturated heterocycles. The van der Waals surface area contributed by atoms with E-state index in [-0.39, 0.29) is 5.92 Å². The van der Waals surface area contributed by atoms with E-state index in [4.69, 9.17) is 15.0 Å². The molecule has 21 heavy (non-hydrogen) atoms. The van der Waals surface area contributed by atoms with Crippen LogP contribution >= 0.6 is 0 Å². The van der Waals surface area contributed by atoms with Gasteiger partial charge in [-0.15, -0.1) is 0 Å². The second-order valence-corrected chi connectivity index (χ2v) is 6.14. The Morgan fingerprint density at radius 1 is 1.19 bits per heavy atom. The molecule has 2 N–H and O–H groups in total. The van der Waals surface area contributed by atoms with Crippen molar-refractivity contribution in [3.63, 3.8) is 0 Å². The number of nitrogens with two attached hydrogens (primary N) is 1. The van der Waals surface area contributed by atoms with E-state index >= 15 is 0 Å². The van der Waals surface area contributed by atoms with Crippen LogP contribution in [0.5, 0.6) is 5.75 Å². The first-order chi connectivity index (χ1) is 10.2. The fraction of sp³-hybridized carbons (Fsp3) is 0.500. The molecule has 0 bridgehead atoms. The molecule has 2 aliphatic rings. The summed E-state index contributed by atoms with van der Waals surface area (Å²) in [5, 5.41) is 4.13. The Morgan fingerprint density at radius 2 is 2.00 bits per heavy atom. The molecular formula is C16H19N3O2. The van der Waals surface area contributed by atoms with Crippen molar-refractivity contribution in [2.75, 3.05) is 6.61 Å². The van der Waals surface area contributed by atoms with Gasteiger partial charge in [-0.25, -0.2) is 0 Å². The molecule has 110 valence electrons. The van der Waals surface area contributed by atoms with E-state index in [0.29, 0.717) is 18.3 Å². The van der Waals surface area contributed by atoms with Crippen LogP contribution in [0.2, 0.25) is 0 Å². The van der Waals surface area contributed by atoms with Crippen LogP contribution < -0.4 is 10.5 Å². The minimum Gasteiger partial charge on any atom is -0.492 e. The van der Waals surface area contributed by atoms with Crippen LogP contribution in [-0.2, 0) is 12.0 Å². The molecule has 2 heterocycles. The maximum Gasteiger partial charge on any atom is 0.233 e. The van der Waals surface area contributed by atoms with Gasteiger partial charge in [0.2, 0.25) is 5.89 Å². The largest absolute Gasteiger partial charge is 0.492 e. The lowest BCUT2D eigenvalue weighted by atomic mass is 9.96. The predicted molar refractivity (Wildman–Crippen MR) is 77.0 cm³/mol. The summed E-state index contributed by atoms with van der Waals surface area (Å²) in [5.41, 5.74) is 7.18. The number of fused-ring (bicyclic) bond motifs is 1. The second kappa shape index (κ2) is 4.84. The summed E-state index contributed by atoms with van der Waals surface area (Å²) < 4.78 is 11.3. The molecule has 0 amide bonds. The normalized spacial score (nSPS) is 23.6. The van der Waals surface area contributed by atoms with Crippen LogP contribution in [-0.4, -0.2) is 16.7 Å². The maximum absolute atomic E-state index is 6.38. The van der Waals surface area contributed by atoms with E-state index < -0.39 is 5.54 Å². The van der Waals surface area contributed by atoms with Gasteiger partial charge in [-0.2, -0.15) is 4.98 Å². The number of benzene rings is 1. The molecule has 1 aromatic heterocycles. The van der Waals surface area contributed by atoms with E-state index in [2.05, 4.69) is 16.2 Å². The van der Waals surface area contributed by atoms with Gasteiger partial charge in [0.25, 0.3) is 0 Å². The van der Waals surface area contributed by atoms with E-state index in [1.165, 1.54) is 5.56 Å². The van der Waals surface area contributed by atoms with Crippen molar-refractivity contribution in [1.82, 2.24) is 10.1 Å². The van der Waals surface area contributed by atoms with Crippen molar-refractivity contribution in [3.05, 3.63) is 41.5 Å². The minimum absolute atomic E-state index is 0.117. The molecule has 1 aliphatic heterocycles. The highest BCUT2D eigenvalue weighted by atomic mass is 16.5. The molecule has 1 aromatic carbocycles. The summed E-state index contributed by atoms with van der Waals surface area (Å²) in [4.78, 5) is 4.58. The molecular weight excluding hydrogens is 266 g/mol. The molecule has 2 aromatic rings. The first kappa shape index (κ1) is 12.8. The lowest BCUT2D eigenvalue weighted by Crippen LogP contribution is -2.34. The van der Waals surface area contributed by atoms with Crippen LogP contribution in [0.1, 0.15) is 48.9 Å². The van der Waals surface area contributed by atoms with Gasteiger partial charge in [-0.3, -0.25) is 0 Å². The maximum atomic E-state index is 6.38. The summed E-state index contributed by atoms with van der Waals surface area (Å²) >= 11 is 0. The lowest BCUT2D eigenvalue weighted by Gasteiger charge is -2.22. The number of para-hydroxylation sites is 1. The Hall–Kier alpha value is -1.88. The average Bonchev–Trinajstić information content (AvgIpc) is 3.17. The average molecular weight is 285 g/mol. The Morgan fingerprint density at radius 3 is 2.86 bits per heavy atom. The Labute approximate surface area is 123 Å². The van der Waals surface area contributed by atoms with Crippen molar-refractivity contribution >= 4 is 0 Å². The van der Waals surface area contributed by atoms with E-state index in [1.54, 1.807) is 0 Å². The summed E-state index contributed by atoms with van der Waals surface area (Å²) in [6.45, 7) is 0.580. The number of hydrogen-bond acceptors (Lipinski definition) is 5. The van der Waals surface area contributed by atoms with E-state index in [1.807, 2.05) is 18.2 Å². The second-order valence-electron chi connectivity index (χ2n) is 6.14. The quantitative estimate of drug-likeness (QED) is 0.917. The van der Waals surface area contributed by atoms with Crippen molar-refractivity contribution in [3.8, 4) is 5.75 Å². The summed E-state index contributed by atoms with van der Waals surface area (Å²) in [6, 6.07) is 8.10. The van der Waals surface area contributed by atoms with Gasteiger partial charge >= 0.3 is 0 Å². The van der Waals surface area contributed by atoms with Crippen molar-refractivity contribution < 1.29 is 9.26 Å². The van der Waals surface area contributed by atoms with E-state index in [9.17, 15) is 0 Å². The van der Waals surface area contributed by atoms with Crippen molar-refractivity contribution in [1.29, 1.82) is 0 Å². The third kappa shape index (κ3) is 2.21. The van der Waals surface area contributed by atoms with Gasteiger partial charge < -0.3 is 15.0 Å². The van der Waals surface area contributed by atoms with Gasteiger partial charge in [-0.1, -0.05) is 36.2 Å². The number of nitrogens with zero attached hydrogens (tertiary/aromatic N) is 2. The predicted octanol–water partition coefficient (Wildman–Crippen LogP) is 2.52. The highest BCUT2D eigenvalue weighted by Crippen LogP contribution is 2.36. The highest BCUT2D eigenvalue weighted by molar-refractivity contribution is 5.36. The minimum atomic E-state index is -0.394. The fourth-order valence-electron chi connectivity index (χ4n) is 3.32. The Balaban J connectivity index is 1.57. The summed E-state index contributed by atoms with van der Waals surface area (Å²) in [5.74, 6) is 2.39. The van der Waals surface area contributed by atoms with Gasteiger partial charge in [0.05, 0.1) is 11.5 Å². The standard InChI is InChI=1S/C16H19N3O2/c17-16(7-3-4-8-16)15-18-14(21-19-15)12-9-11-5-1-2-6-13(11)20-10-12/h1-2,5-6,12H,3-4,7-10,17H2. The fourth-order valence-corrected chi connectivity index (χ4v) is 3.32. The number of aromatic nitrogens is 2. The topological polar surface area (TPSA) is 74.2 Å². The molecule has 1 atom stereocenters. The van der Waals surface area contributed by atoms with Crippen molar-refractivity contribution in [2.45, 2.75) is 43.6 Å². The summed E-state index contributed by atoms with van der Waals surface area (Å²) in [6.07, 6.45) is 5.03. The molecule has 1 aliphatic carbocycles. The van der Waals surface area contributed by atoms with Crippen LogP contribution in [0.25, 0.3) is 0 Å². The molecule has 5 heteroatoms. The van der Waals surface area contributed by atoms with Gasteiger partial charge in [0, 0.05) is 0 Å². The Bertz CT molecular complexity index is 646. The zero-order valence-corrected chi connectivity index (χ0v) is 11.9. The van der Waals surface area contributed by atoms with Gasteiger partial charge in [0.1, 0.15) is 12.4 Å². The molecule has 1 saturated carbocycles. The molecule has 5 nitrogen and oxygen atoms in total. The number of ether oxygens (including phenoxy) is 1. The zero-order valence-electron chi connectivity index (χ0n) is 11.9. The van der Waals surface area contributed by atoms with Crippen LogP contribution in [0.4, 0.5) is 0 Å². The lowest BCUT2D eigenvalue weighted by molar-refractivity contribution is 0.229. The third-order valence-corrected chi connectivity index (χ3v) is 4.61. The number of hydrogen-bond donors (Lipinski definition) is 1. The SMILES string of the molecule is NC1(c2noc(C3COc4ccccc4C3)n2)CCCC1. The Kier molecular flexibility index (Phi) is 2.96. The molecule has 1 unspecified atom stereocenters. The summed E-state index contributed by atoms with van der Waals surface area (Å²) in [7, 11) is 0. The van der Waals surface area contributed by atoms with Gasteiger partial charge in [-0.05, 0) is 30.9 Å². The monoisotopic (exact) mass is 285 g/mol. The van der Waals surface area contributed by atoms with Gasteiger partial charge in [0.15, 0.2) is 5.82 Å². The zero-order chi connectivity index (χ0) is 14.3. The first-order valence-corrected chi connectivity index (χ1v) is 7.58. The molecule has 1 fully saturated rings. The third-order valence-electron chi connectivity index (χ3n) is 4.61.